The monoisotopic (exact) mass is 357 g/mol. The lowest BCUT2D eigenvalue weighted by atomic mass is 10.0. The molecule has 1 amide bonds. The molecule has 2 unspecified atom stereocenters. The standard InChI is InChI=1S/C19H17ClFN3O/c20-15-7-5-13(6-8-15)17(11-22)23-19(25)14-9-10-24(12-14)18-4-2-1-3-16(18)21/h1-8,14,17H,9-10,12H2,(H,23,25). The van der Waals surface area contributed by atoms with Crippen LogP contribution in [0.15, 0.2) is 48.5 Å². The molecular weight excluding hydrogens is 341 g/mol. The zero-order valence-electron chi connectivity index (χ0n) is 13.5. The van der Waals surface area contributed by atoms with E-state index < -0.39 is 6.04 Å². The van der Waals surface area contributed by atoms with Crippen LogP contribution >= 0.6 is 11.6 Å². The number of benzene rings is 2. The van der Waals surface area contributed by atoms with E-state index in [-0.39, 0.29) is 17.6 Å². The van der Waals surface area contributed by atoms with Crippen LogP contribution in [0.25, 0.3) is 0 Å². The van der Waals surface area contributed by atoms with Crippen molar-refractivity contribution >= 4 is 23.2 Å². The lowest BCUT2D eigenvalue weighted by Crippen LogP contribution is -2.35. The highest BCUT2D eigenvalue weighted by Gasteiger charge is 2.30. The Morgan fingerprint density at radius 3 is 2.68 bits per heavy atom. The van der Waals surface area contributed by atoms with Gasteiger partial charge in [0.15, 0.2) is 0 Å². The molecule has 128 valence electrons. The van der Waals surface area contributed by atoms with Crippen molar-refractivity contribution in [2.45, 2.75) is 12.5 Å². The van der Waals surface area contributed by atoms with E-state index in [1.54, 1.807) is 42.5 Å². The number of anilines is 1. The lowest BCUT2D eigenvalue weighted by molar-refractivity contribution is -0.124. The van der Waals surface area contributed by atoms with Gasteiger partial charge in [0.1, 0.15) is 11.9 Å². The third-order valence-electron chi connectivity index (χ3n) is 4.37. The summed E-state index contributed by atoms with van der Waals surface area (Å²) in [4.78, 5) is 14.4. The first-order chi connectivity index (χ1) is 12.1. The number of nitrogens with zero attached hydrogens (tertiary/aromatic N) is 2. The summed E-state index contributed by atoms with van der Waals surface area (Å²) in [5.41, 5.74) is 1.19. The van der Waals surface area contributed by atoms with Crippen LogP contribution in [-0.4, -0.2) is 19.0 Å². The molecule has 1 saturated heterocycles. The molecule has 4 nitrogen and oxygen atoms in total. The van der Waals surface area contributed by atoms with Gasteiger partial charge in [-0.3, -0.25) is 4.79 Å². The Hall–Kier alpha value is -2.58. The average Bonchev–Trinajstić information content (AvgIpc) is 3.11. The highest BCUT2D eigenvalue weighted by atomic mass is 35.5. The minimum absolute atomic E-state index is 0.194. The topological polar surface area (TPSA) is 56.1 Å². The number of nitriles is 1. The fourth-order valence-electron chi connectivity index (χ4n) is 3.01. The molecule has 1 fully saturated rings. The maximum atomic E-state index is 13.9. The van der Waals surface area contributed by atoms with Gasteiger partial charge in [-0.25, -0.2) is 4.39 Å². The van der Waals surface area contributed by atoms with Crippen molar-refractivity contribution in [2.24, 2.45) is 5.92 Å². The Bertz CT molecular complexity index is 803. The van der Waals surface area contributed by atoms with Gasteiger partial charge in [0, 0.05) is 18.1 Å². The van der Waals surface area contributed by atoms with Crippen LogP contribution in [0, 0.1) is 23.1 Å². The maximum absolute atomic E-state index is 13.9. The smallest absolute Gasteiger partial charge is 0.226 e. The second kappa shape index (κ2) is 7.54. The first-order valence-corrected chi connectivity index (χ1v) is 8.41. The number of halogens is 2. The number of carbonyl (C=O) groups is 1. The third-order valence-corrected chi connectivity index (χ3v) is 4.62. The molecule has 25 heavy (non-hydrogen) atoms. The molecule has 1 heterocycles. The summed E-state index contributed by atoms with van der Waals surface area (Å²) in [6, 6.07) is 14.7. The first-order valence-electron chi connectivity index (χ1n) is 8.03. The van der Waals surface area contributed by atoms with Crippen LogP contribution in [-0.2, 0) is 4.79 Å². The molecule has 2 atom stereocenters. The quantitative estimate of drug-likeness (QED) is 0.908. The lowest BCUT2D eigenvalue weighted by Gasteiger charge is -2.20. The Balaban J connectivity index is 1.65. The van der Waals surface area contributed by atoms with E-state index in [1.165, 1.54) is 6.07 Å². The summed E-state index contributed by atoms with van der Waals surface area (Å²) in [7, 11) is 0. The molecule has 0 bridgehead atoms. The molecule has 0 aromatic heterocycles. The minimum atomic E-state index is -0.729. The summed E-state index contributed by atoms with van der Waals surface area (Å²) in [6.45, 7) is 1.04. The minimum Gasteiger partial charge on any atom is -0.368 e. The highest BCUT2D eigenvalue weighted by molar-refractivity contribution is 6.30. The van der Waals surface area contributed by atoms with Crippen molar-refractivity contribution in [3.8, 4) is 6.07 Å². The number of rotatable bonds is 4. The fourth-order valence-corrected chi connectivity index (χ4v) is 3.13. The SMILES string of the molecule is N#CC(NC(=O)C1CCN(c2ccccc2F)C1)c1ccc(Cl)cc1. The average molecular weight is 358 g/mol. The van der Waals surface area contributed by atoms with Crippen LogP contribution in [0.5, 0.6) is 0 Å². The number of hydrogen-bond donors (Lipinski definition) is 1. The van der Waals surface area contributed by atoms with Gasteiger partial charge in [0.2, 0.25) is 5.91 Å². The normalized spacial score (nSPS) is 17.8. The van der Waals surface area contributed by atoms with Crippen molar-refractivity contribution < 1.29 is 9.18 Å². The predicted molar refractivity (Wildman–Crippen MR) is 94.7 cm³/mol. The van der Waals surface area contributed by atoms with E-state index in [1.807, 2.05) is 4.90 Å². The summed E-state index contributed by atoms with van der Waals surface area (Å²) in [5, 5.41) is 12.7. The van der Waals surface area contributed by atoms with Gasteiger partial charge in [0.05, 0.1) is 17.7 Å². The molecule has 2 aromatic carbocycles. The van der Waals surface area contributed by atoms with Crippen LogP contribution < -0.4 is 10.2 Å². The molecule has 1 aliphatic rings. The highest BCUT2D eigenvalue weighted by Crippen LogP contribution is 2.27. The van der Waals surface area contributed by atoms with Crippen molar-refractivity contribution in [3.05, 3.63) is 64.9 Å². The van der Waals surface area contributed by atoms with Crippen LogP contribution in [0.3, 0.4) is 0 Å². The molecule has 0 radical (unpaired) electrons. The number of hydrogen-bond acceptors (Lipinski definition) is 3. The van der Waals surface area contributed by atoms with E-state index in [2.05, 4.69) is 11.4 Å². The Labute approximate surface area is 150 Å². The molecular formula is C19H17ClFN3O. The van der Waals surface area contributed by atoms with Crippen molar-refractivity contribution in [3.63, 3.8) is 0 Å². The second-order valence-electron chi connectivity index (χ2n) is 6.01. The first kappa shape index (κ1) is 17.2. The zero-order valence-corrected chi connectivity index (χ0v) is 14.2. The zero-order chi connectivity index (χ0) is 17.8. The van der Waals surface area contributed by atoms with E-state index in [0.717, 1.165) is 0 Å². The van der Waals surface area contributed by atoms with E-state index in [9.17, 15) is 14.4 Å². The maximum Gasteiger partial charge on any atom is 0.226 e. The van der Waals surface area contributed by atoms with Gasteiger partial charge in [0.25, 0.3) is 0 Å². The summed E-state index contributed by atoms with van der Waals surface area (Å²) in [5.74, 6) is -0.761. The summed E-state index contributed by atoms with van der Waals surface area (Å²) < 4.78 is 13.9. The molecule has 0 spiro atoms. The predicted octanol–water partition coefficient (Wildman–Crippen LogP) is 3.69. The molecule has 3 rings (SSSR count). The number of carbonyl (C=O) groups excluding carboxylic acids is 1. The fraction of sp³-hybridized carbons (Fsp3) is 0.263. The summed E-state index contributed by atoms with van der Waals surface area (Å²) in [6.07, 6.45) is 0.624. The van der Waals surface area contributed by atoms with Gasteiger partial charge >= 0.3 is 0 Å². The molecule has 0 saturated carbocycles. The second-order valence-corrected chi connectivity index (χ2v) is 6.44. The van der Waals surface area contributed by atoms with E-state index in [0.29, 0.717) is 35.8 Å². The van der Waals surface area contributed by atoms with Crippen molar-refractivity contribution in [1.82, 2.24) is 5.32 Å². The van der Waals surface area contributed by atoms with Gasteiger partial charge in [-0.15, -0.1) is 0 Å². The van der Waals surface area contributed by atoms with Gasteiger partial charge in [-0.1, -0.05) is 35.9 Å². The Morgan fingerprint density at radius 2 is 2.00 bits per heavy atom. The molecule has 0 aliphatic carbocycles. The number of para-hydroxylation sites is 1. The Morgan fingerprint density at radius 1 is 1.28 bits per heavy atom. The molecule has 1 N–H and O–H groups in total. The molecule has 6 heteroatoms. The molecule has 1 aliphatic heterocycles. The van der Waals surface area contributed by atoms with Gasteiger partial charge < -0.3 is 10.2 Å². The van der Waals surface area contributed by atoms with Crippen LogP contribution in [0.4, 0.5) is 10.1 Å². The number of amides is 1. The largest absolute Gasteiger partial charge is 0.368 e. The van der Waals surface area contributed by atoms with E-state index >= 15 is 0 Å². The summed E-state index contributed by atoms with van der Waals surface area (Å²) >= 11 is 5.85. The van der Waals surface area contributed by atoms with Crippen LogP contribution in [0.1, 0.15) is 18.0 Å². The van der Waals surface area contributed by atoms with Crippen molar-refractivity contribution in [2.75, 3.05) is 18.0 Å². The van der Waals surface area contributed by atoms with E-state index in [4.69, 9.17) is 11.6 Å². The third kappa shape index (κ3) is 3.92. The van der Waals surface area contributed by atoms with Crippen LogP contribution in [0.2, 0.25) is 5.02 Å². The number of nitrogens with one attached hydrogen (secondary N) is 1. The Kier molecular flexibility index (Phi) is 5.20. The molecule has 2 aromatic rings. The van der Waals surface area contributed by atoms with Crippen molar-refractivity contribution in [1.29, 1.82) is 5.26 Å². The van der Waals surface area contributed by atoms with Gasteiger partial charge in [-0.2, -0.15) is 5.26 Å². The van der Waals surface area contributed by atoms with Gasteiger partial charge in [-0.05, 0) is 36.2 Å².